The summed E-state index contributed by atoms with van der Waals surface area (Å²) in [6, 6.07) is 10.3. The Morgan fingerprint density at radius 2 is 2.15 bits per heavy atom. The quantitative estimate of drug-likeness (QED) is 0.882. The van der Waals surface area contributed by atoms with Gasteiger partial charge in [0.05, 0.1) is 0 Å². The number of nitrogens with zero attached hydrogens (tertiary/aromatic N) is 1. The minimum absolute atomic E-state index is 0.646. The third kappa shape index (κ3) is 3.83. The molecule has 1 aromatic rings. The van der Waals surface area contributed by atoms with Crippen LogP contribution >= 0.6 is 0 Å². The molecule has 0 amide bonds. The average molecular weight is 274 g/mol. The first-order valence-corrected chi connectivity index (χ1v) is 8.17. The van der Waals surface area contributed by atoms with E-state index in [2.05, 4.69) is 62.2 Å². The smallest absolute Gasteiger partial charge is 0.0237 e. The Morgan fingerprint density at radius 3 is 2.80 bits per heavy atom. The molecule has 1 aliphatic rings. The Kier molecular flexibility index (Phi) is 5.62. The van der Waals surface area contributed by atoms with Gasteiger partial charge in [0.15, 0.2) is 0 Å². The summed E-state index contributed by atoms with van der Waals surface area (Å²) in [6.45, 7) is 12.6. The van der Waals surface area contributed by atoms with Crippen molar-refractivity contribution >= 4 is 0 Å². The first kappa shape index (κ1) is 15.5. The van der Waals surface area contributed by atoms with Crippen LogP contribution in [0.3, 0.4) is 0 Å². The highest BCUT2D eigenvalue weighted by molar-refractivity contribution is 5.22. The summed E-state index contributed by atoms with van der Waals surface area (Å²) in [6.07, 6.45) is 2.48. The van der Waals surface area contributed by atoms with Crippen LogP contribution < -0.4 is 5.32 Å². The molecular weight excluding hydrogens is 244 g/mol. The number of hydrogen-bond acceptors (Lipinski definition) is 2. The Hall–Kier alpha value is -0.860. The van der Waals surface area contributed by atoms with Crippen LogP contribution in [0.1, 0.15) is 44.7 Å². The maximum atomic E-state index is 3.76. The van der Waals surface area contributed by atoms with Gasteiger partial charge in [0.1, 0.15) is 0 Å². The van der Waals surface area contributed by atoms with Crippen LogP contribution in [0.15, 0.2) is 24.3 Å². The van der Waals surface area contributed by atoms with Crippen LogP contribution in [0.4, 0.5) is 0 Å². The van der Waals surface area contributed by atoms with E-state index in [0.29, 0.717) is 12.1 Å². The molecule has 0 radical (unpaired) electrons. The summed E-state index contributed by atoms with van der Waals surface area (Å²) in [5.74, 6) is 0.757. The monoisotopic (exact) mass is 274 g/mol. The normalized spacial score (nSPS) is 25.6. The summed E-state index contributed by atoms with van der Waals surface area (Å²) in [5, 5.41) is 3.76. The molecule has 0 saturated carbocycles. The Labute approximate surface area is 124 Å². The standard InChI is InChI=1S/C18H30N2/c1-5-15(4)18-13-20(17(6-2)11-19-18)12-16-9-7-8-14(3)10-16/h7-10,15,17-19H,5-6,11-13H2,1-4H3. The number of hydrogen-bond donors (Lipinski definition) is 1. The molecule has 0 bridgehead atoms. The van der Waals surface area contributed by atoms with Crippen LogP contribution in [0.25, 0.3) is 0 Å². The molecule has 2 heteroatoms. The first-order valence-electron chi connectivity index (χ1n) is 8.17. The number of aryl methyl sites for hydroxylation is 1. The Morgan fingerprint density at radius 1 is 1.35 bits per heavy atom. The van der Waals surface area contributed by atoms with Gasteiger partial charge in [-0.15, -0.1) is 0 Å². The fraction of sp³-hybridized carbons (Fsp3) is 0.667. The fourth-order valence-electron chi connectivity index (χ4n) is 3.19. The molecule has 1 fully saturated rings. The van der Waals surface area contributed by atoms with E-state index in [-0.39, 0.29) is 0 Å². The van der Waals surface area contributed by atoms with E-state index in [9.17, 15) is 0 Å². The van der Waals surface area contributed by atoms with Crippen molar-refractivity contribution < 1.29 is 0 Å². The Balaban J connectivity index is 2.05. The maximum Gasteiger partial charge on any atom is 0.0237 e. The van der Waals surface area contributed by atoms with Crippen molar-refractivity contribution in [2.75, 3.05) is 13.1 Å². The molecule has 0 aliphatic carbocycles. The highest BCUT2D eigenvalue weighted by atomic mass is 15.2. The molecule has 1 N–H and O–H groups in total. The van der Waals surface area contributed by atoms with Crippen LogP contribution in [-0.2, 0) is 6.54 Å². The zero-order valence-corrected chi connectivity index (χ0v) is 13.5. The van der Waals surface area contributed by atoms with E-state index in [1.807, 2.05) is 0 Å². The van der Waals surface area contributed by atoms with Crippen molar-refractivity contribution in [1.82, 2.24) is 10.2 Å². The summed E-state index contributed by atoms with van der Waals surface area (Å²) in [5.41, 5.74) is 2.82. The van der Waals surface area contributed by atoms with Crippen LogP contribution in [0, 0.1) is 12.8 Å². The summed E-state index contributed by atoms with van der Waals surface area (Å²) >= 11 is 0. The third-order valence-electron chi connectivity index (χ3n) is 4.83. The van der Waals surface area contributed by atoms with Crippen molar-refractivity contribution in [2.24, 2.45) is 5.92 Å². The predicted octanol–water partition coefficient (Wildman–Crippen LogP) is 3.59. The van der Waals surface area contributed by atoms with Crippen molar-refractivity contribution in [3.63, 3.8) is 0 Å². The van der Waals surface area contributed by atoms with Crippen molar-refractivity contribution in [3.8, 4) is 0 Å². The molecule has 3 atom stereocenters. The molecule has 1 heterocycles. The Bertz CT molecular complexity index is 416. The second kappa shape index (κ2) is 7.24. The van der Waals surface area contributed by atoms with Gasteiger partial charge in [-0.2, -0.15) is 0 Å². The number of rotatable bonds is 5. The molecule has 0 aromatic heterocycles. The predicted molar refractivity (Wildman–Crippen MR) is 86.9 cm³/mol. The van der Waals surface area contributed by atoms with E-state index in [1.165, 1.54) is 30.5 Å². The van der Waals surface area contributed by atoms with Crippen molar-refractivity contribution in [1.29, 1.82) is 0 Å². The molecule has 2 rings (SSSR count). The third-order valence-corrected chi connectivity index (χ3v) is 4.83. The van der Waals surface area contributed by atoms with Gasteiger partial charge in [-0.05, 0) is 24.8 Å². The van der Waals surface area contributed by atoms with Crippen LogP contribution in [0.2, 0.25) is 0 Å². The van der Waals surface area contributed by atoms with Gasteiger partial charge in [-0.1, -0.05) is 57.0 Å². The van der Waals surface area contributed by atoms with Gasteiger partial charge in [-0.25, -0.2) is 0 Å². The van der Waals surface area contributed by atoms with Gasteiger partial charge in [0.2, 0.25) is 0 Å². The number of piperazine rings is 1. The minimum Gasteiger partial charge on any atom is -0.311 e. The average Bonchev–Trinajstić information content (AvgIpc) is 2.46. The lowest BCUT2D eigenvalue weighted by atomic mass is 9.94. The van der Waals surface area contributed by atoms with Gasteiger partial charge >= 0.3 is 0 Å². The van der Waals surface area contributed by atoms with E-state index in [0.717, 1.165) is 19.0 Å². The second-order valence-corrected chi connectivity index (χ2v) is 6.38. The van der Waals surface area contributed by atoms with Crippen molar-refractivity contribution in [2.45, 2.75) is 59.2 Å². The topological polar surface area (TPSA) is 15.3 Å². The SMILES string of the molecule is CCC(C)C1CN(Cc2cccc(C)c2)C(CC)CN1. The molecule has 3 unspecified atom stereocenters. The minimum atomic E-state index is 0.646. The first-order chi connectivity index (χ1) is 9.63. The summed E-state index contributed by atoms with van der Waals surface area (Å²) < 4.78 is 0. The zero-order chi connectivity index (χ0) is 14.5. The molecule has 1 saturated heterocycles. The van der Waals surface area contributed by atoms with Crippen molar-refractivity contribution in [3.05, 3.63) is 35.4 Å². The van der Waals surface area contributed by atoms with Gasteiger partial charge in [-0.3, -0.25) is 4.90 Å². The van der Waals surface area contributed by atoms with E-state index in [4.69, 9.17) is 0 Å². The lowest BCUT2D eigenvalue weighted by Crippen LogP contribution is -2.57. The summed E-state index contributed by atoms with van der Waals surface area (Å²) in [4.78, 5) is 2.68. The lowest BCUT2D eigenvalue weighted by molar-refractivity contribution is 0.0993. The van der Waals surface area contributed by atoms with Gasteiger partial charge < -0.3 is 5.32 Å². The van der Waals surface area contributed by atoms with Gasteiger partial charge in [0.25, 0.3) is 0 Å². The number of benzene rings is 1. The molecule has 1 aromatic carbocycles. The molecular formula is C18H30N2. The number of nitrogens with one attached hydrogen (secondary N) is 1. The largest absolute Gasteiger partial charge is 0.311 e. The lowest BCUT2D eigenvalue weighted by Gasteiger charge is -2.42. The highest BCUT2D eigenvalue weighted by Crippen LogP contribution is 2.19. The second-order valence-electron chi connectivity index (χ2n) is 6.38. The van der Waals surface area contributed by atoms with E-state index >= 15 is 0 Å². The zero-order valence-electron chi connectivity index (χ0n) is 13.5. The van der Waals surface area contributed by atoms with Gasteiger partial charge in [0, 0.05) is 31.7 Å². The molecule has 0 spiro atoms. The highest BCUT2D eigenvalue weighted by Gasteiger charge is 2.28. The van der Waals surface area contributed by atoms with E-state index < -0.39 is 0 Å². The maximum absolute atomic E-state index is 3.76. The fourth-order valence-corrected chi connectivity index (χ4v) is 3.19. The van der Waals surface area contributed by atoms with Crippen LogP contribution in [-0.4, -0.2) is 30.1 Å². The van der Waals surface area contributed by atoms with Crippen LogP contribution in [0.5, 0.6) is 0 Å². The van der Waals surface area contributed by atoms with E-state index in [1.54, 1.807) is 0 Å². The molecule has 2 nitrogen and oxygen atoms in total. The molecule has 1 aliphatic heterocycles. The molecule has 20 heavy (non-hydrogen) atoms. The summed E-state index contributed by atoms with van der Waals surface area (Å²) in [7, 11) is 0. The molecule has 112 valence electrons.